The smallest absolute Gasteiger partial charge is 0.286 e. The van der Waals surface area contributed by atoms with Gasteiger partial charge in [0.1, 0.15) is 11.4 Å². The van der Waals surface area contributed by atoms with Crippen LogP contribution >= 0.6 is 0 Å². The van der Waals surface area contributed by atoms with E-state index in [2.05, 4.69) is 55.2 Å². The molecule has 2 N–H and O–H groups in total. The van der Waals surface area contributed by atoms with Gasteiger partial charge in [-0.15, -0.1) is 0 Å². The van der Waals surface area contributed by atoms with Crippen LogP contribution in [-0.4, -0.2) is 38.2 Å². The van der Waals surface area contributed by atoms with E-state index >= 15 is 0 Å². The maximum atomic E-state index is 13.4. The van der Waals surface area contributed by atoms with E-state index < -0.39 is 5.92 Å². The number of nitrogens with zero attached hydrogens (tertiary/aromatic N) is 4. The van der Waals surface area contributed by atoms with Gasteiger partial charge in [-0.1, -0.05) is 19.1 Å². The molecule has 6 nitrogen and oxygen atoms in total. The number of piperidine rings is 1. The lowest BCUT2D eigenvalue weighted by atomic mass is 10.0. The van der Waals surface area contributed by atoms with Gasteiger partial charge in [-0.2, -0.15) is 13.9 Å². The van der Waals surface area contributed by atoms with Crippen molar-refractivity contribution in [2.45, 2.75) is 38.7 Å². The van der Waals surface area contributed by atoms with Crippen LogP contribution < -0.4 is 5.32 Å². The van der Waals surface area contributed by atoms with Crippen LogP contribution in [0.2, 0.25) is 0 Å². The molecule has 1 aromatic carbocycles. The van der Waals surface area contributed by atoms with Crippen molar-refractivity contribution in [3.63, 3.8) is 0 Å². The van der Waals surface area contributed by atoms with E-state index in [0.29, 0.717) is 17.1 Å². The topological polar surface area (TPSA) is 69.7 Å². The van der Waals surface area contributed by atoms with Gasteiger partial charge >= 0.3 is 0 Å². The first-order valence-corrected chi connectivity index (χ1v) is 11.8. The van der Waals surface area contributed by atoms with Crippen LogP contribution in [0, 0.1) is 0 Å². The quantitative estimate of drug-likeness (QED) is 0.334. The maximum Gasteiger partial charge on any atom is 0.286 e. The number of anilines is 1. The van der Waals surface area contributed by atoms with E-state index in [1.807, 2.05) is 18.5 Å². The number of likely N-dealkylation sites (tertiary alicyclic amines) is 1. The number of H-pyrrole nitrogens is 1. The third-order valence-corrected chi connectivity index (χ3v) is 6.34. The van der Waals surface area contributed by atoms with E-state index in [1.165, 1.54) is 37.1 Å². The fourth-order valence-corrected chi connectivity index (χ4v) is 4.49. The Labute approximate surface area is 203 Å². The van der Waals surface area contributed by atoms with Gasteiger partial charge in [0, 0.05) is 36.8 Å². The first kappa shape index (κ1) is 23.1. The molecule has 1 aliphatic heterocycles. The minimum absolute atomic E-state index is 0.278. The van der Waals surface area contributed by atoms with Gasteiger partial charge in [-0.25, -0.2) is 0 Å². The van der Waals surface area contributed by atoms with Crippen LogP contribution in [0.5, 0.6) is 0 Å². The van der Waals surface area contributed by atoms with E-state index in [9.17, 15) is 8.78 Å². The number of rotatable bonds is 7. The van der Waals surface area contributed by atoms with Crippen molar-refractivity contribution in [2.24, 2.45) is 0 Å². The second kappa shape index (κ2) is 9.54. The van der Waals surface area contributed by atoms with Crippen LogP contribution in [-0.2, 0) is 12.5 Å². The SMILES string of the molecule is C=C(Nc1ccc(C(C)(F)F)nc1)c1n[nH]c2ccc(-c3cncc(CN4CCCCC4)c3)cc12. The number of benzene rings is 1. The molecule has 4 heterocycles. The van der Waals surface area contributed by atoms with E-state index in [4.69, 9.17) is 0 Å². The fraction of sp³-hybridized carbons (Fsp3) is 0.296. The molecular formula is C27H28F2N6. The molecule has 0 spiro atoms. The lowest BCUT2D eigenvalue weighted by molar-refractivity contribution is 0.0128. The summed E-state index contributed by atoms with van der Waals surface area (Å²) in [4.78, 5) is 10.8. The van der Waals surface area contributed by atoms with Gasteiger partial charge in [0.15, 0.2) is 0 Å². The number of hydrogen-bond donors (Lipinski definition) is 2. The summed E-state index contributed by atoms with van der Waals surface area (Å²) in [7, 11) is 0. The van der Waals surface area contributed by atoms with Crippen molar-refractivity contribution in [2.75, 3.05) is 18.4 Å². The molecule has 0 aliphatic carbocycles. The highest BCUT2D eigenvalue weighted by atomic mass is 19.3. The highest BCUT2D eigenvalue weighted by Gasteiger charge is 2.25. The number of alkyl halides is 2. The zero-order valence-corrected chi connectivity index (χ0v) is 19.7. The summed E-state index contributed by atoms with van der Waals surface area (Å²) in [6.07, 6.45) is 9.03. The summed E-state index contributed by atoms with van der Waals surface area (Å²) in [5, 5.41) is 11.5. The molecule has 0 saturated carbocycles. The van der Waals surface area contributed by atoms with Crippen molar-refractivity contribution in [1.29, 1.82) is 0 Å². The molecule has 0 bridgehead atoms. The Morgan fingerprint density at radius 2 is 1.89 bits per heavy atom. The van der Waals surface area contributed by atoms with Crippen LogP contribution in [0.25, 0.3) is 27.7 Å². The molecule has 0 amide bonds. The molecule has 0 unspecified atom stereocenters. The highest BCUT2D eigenvalue weighted by Crippen LogP contribution is 2.30. The Morgan fingerprint density at radius 1 is 1.06 bits per heavy atom. The van der Waals surface area contributed by atoms with Crippen molar-refractivity contribution >= 4 is 22.3 Å². The van der Waals surface area contributed by atoms with Crippen LogP contribution in [0.4, 0.5) is 14.5 Å². The molecule has 180 valence electrons. The Balaban J connectivity index is 1.37. The van der Waals surface area contributed by atoms with Crippen molar-refractivity contribution in [3.8, 4) is 11.1 Å². The maximum absolute atomic E-state index is 13.4. The van der Waals surface area contributed by atoms with Crippen LogP contribution in [0.15, 0.2) is 61.6 Å². The van der Waals surface area contributed by atoms with Gasteiger partial charge in [-0.3, -0.25) is 20.0 Å². The second-order valence-corrected chi connectivity index (χ2v) is 9.18. The summed E-state index contributed by atoms with van der Waals surface area (Å²) in [6.45, 7) is 8.13. The fourth-order valence-electron chi connectivity index (χ4n) is 4.49. The van der Waals surface area contributed by atoms with Crippen molar-refractivity contribution < 1.29 is 8.78 Å². The zero-order valence-electron chi connectivity index (χ0n) is 19.7. The molecule has 1 aliphatic rings. The van der Waals surface area contributed by atoms with Gasteiger partial charge in [-0.05, 0) is 67.4 Å². The Hall–Kier alpha value is -3.65. The molecule has 35 heavy (non-hydrogen) atoms. The number of halogens is 2. The number of pyridine rings is 2. The molecule has 0 radical (unpaired) electrons. The normalized spacial score (nSPS) is 14.8. The number of fused-ring (bicyclic) bond motifs is 1. The Morgan fingerprint density at radius 3 is 2.63 bits per heavy atom. The van der Waals surface area contributed by atoms with Gasteiger partial charge in [0.25, 0.3) is 5.92 Å². The third kappa shape index (κ3) is 5.22. The lowest BCUT2D eigenvalue weighted by Crippen LogP contribution is -2.29. The predicted octanol–water partition coefficient (Wildman–Crippen LogP) is 6.20. The van der Waals surface area contributed by atoms with E-state index in [1.54, 1.807) is 6.07 Å². The van der Waals surface area contributed by atoms with Gasteiger partial charge in [0.2, 0.25) is 0 Å². The summed E-state index contributed by atoms with van der Waals surface area (Å²) in [5.41, 5.74) is 5.65. The largest absolute Gasteiger partial charge is 0.353 e. The van der Waals surface area contributed by atoms with Gasteiger partial charge < -0.3 is 5.32 Å². The van der Waals surface area contributed by atoms with Gasteiger partial charge in [0.05, 0.1) is 23.1 Å². The number of hydrogen-bond acceptors (Lipinski definition) is 5. The average molecular weight is 475 g/mol. The van der Waals surface area contributed by atoms with Crippen molar-refractivity contribution in [3.05, 3.63) is 78.5 Å². The molecule has 1 saturated heterocycles. The standard InChI is InChI=1S/C27H28F2N6/c1-18(32-22-7-9-25(31-16-22)27(2,28)29)26-23-13-20(6-8-24(23)33-34-26)21-12-19(14-30-15-21)17-35-10-4-3-5-11-35/h6-9,12-16,32H,1,3-5,10-11,17H2,2H3,(H,33,34). The summed E-state index contributed by atoms with van der Waals surface area (Å²) < 4.78 is 26.9. The number of nitrogens with one attached hydrogen (secondary N) is 2. The summed E-state index contributed by atoms with van der Waals surface area (Å²) >= 11 is 0. The Bertz CT molecular complexity index is 1330. The molecule has 5 rings (SSSR count). The van der Waals surface area contributed by atoms with E-state index in [-0.39, 0.29) is 5.69 Å². The summed E-state index contributed by atoms with van der Waals surface area (Å²) in [6, 6.07) is 11.2. The molecule has 0 atom stereocenters. The predicted molar refractivity (Wildman–Crippen MR) is 135 cm³/mol. The minimum Gasteiger partial charge on any atom is -0.353 e. The van der Waals surface area contributed by atoms with E-state index in [0.717, 1.165) is 48.6 Å². The first-order chi connectivity index (χ1) is 16.9. The molecule has 3 aromatic heterocycles. The molecule has 4 aromatic rings. The zero-order chi connectivity index (χ0) is 24.4. The van der Waals surface area contributed by atoms with Crippen molar-refractivity contribution in [1.82, 2.24) is 25.1 Å². The average Bonchev–Trinajstić information content (AvgIpc) is 3.28. The third-order valence-electron chi connectivity index (χ3n) is 6.34. The summed E-state index contributed by atoms with van der Waals surface area (Å²) in [5.74, 6) is -2.98. The molecular weight excluding hydrogens is 446 g/mol. The Kier molecular flexibility index (Phi) is 6.30. The minimum atomic E-state index is -2.98. The number of aromatic amines is 1. The molecule has 8 heteroatoms. The van der Waals surface area contributed by atoms with Crippen LogP contribution in [0.1, 0.15) is 43.1 Å². The monoisotopic (exact) mass is 474 g/mol. The highest BCUT2D eigenvalue weighted by molar-refractivity contribution is 5.95. The first-order valence-electron chi connectivity index (χ1n) is 11.8. The second-order valence-electron chi connectivity index (χ2n) is 9.18. The lowest BCUT2D eigenvalue weighted by Gasteiger charge is -2.26. The molecule has 1 fully saturated rings. The van der Waals surface area contributed by atoms with Crippen LogP contribution in [0.3, 0.4) is 0 Å². The number of aromatic nitrogens is 4.